The SMILES string of the molecule is [B]c1ccc2c(c1)CN(CCNC(=C)C1CCCCC1)C(N)=N2. The molecule has 0 aromatic heterocycles. The molecule has 0 atom stereocenters. The average Bonchev–Trinajstić information content (AvgIpc) is 2.56. The highest BCUT2D eigenvalue weighted by Crippen LogP contribution is 2.27. The van der Waals surface area contributed by atoms with Crippen LogP contribution in [0.5, 0.6) is 0 Å². The second kappa shape index (κ2) is 7.11. The van der Waals surface area contributed by atoms with Gasteiger partial charge in [0, 0.05) is 25.3 Å². The second-order valence-electron chi connectivity index (χ2n) is 6.57. The molecule has 1 aromatic carbocycles. The van der Waals surface area contributed by atoms with E-state index in [1.165, 1.54) is 37.8 Å². The Kier molecular flexibility index (Phi) is 4.94. The Morgan fingerprint density at radius 2 is 2.13 bits per heavy atom. The van der Waals surface area contributed by atoms with Crippen molar-refractivity contribution in [1.29, 1.82) is 0 Å². The number of hydrogen-bond acceptors (Lipinski definition) is 4. The quantitative estimate of drug-likeness (QED) is 0.817. The van der Waals surface area contributed by atoms with Crippen LogP contribution in [-0.2, 0) is 6.54 Å². The Hall–Kier alpha value is -1.91. The van der Waals surface area contributed by atoms with Crippen LogP contribution in [0.4, 0.5) is 5.69 Å². The molecule has 0 saturated heterocycles. The summed E-state index contributed by atoms with van der Waals surface area (Å²) in [6, 6.07) is 5.77. The third-order valence-corrected chi connectivity index (χ3v) is 4.86. The molecule has 3 N–H and O–H groups in total. The Balaban J connectivity index is 1.52. The van der Waals surface area contributed by atoms with Gasteiger partial charge in [0.05, 0.1) is 5.69 Å². The zero-order valence-electron chi connectivity index (χ0n) is 13.7. The van der Waals surface area contributed by atoms with E-state index in [1.807, 2.05) is 18.2 Å². The van der Waals surface area contributed by atoms with Crippen LogP contribution in [0.2, 0.25) is 0 Å². The number of nitrogens with two attached hydrogens (primary N) is 1. The summed E-state index contributed by atoms with van der Waals surface area (Å²) >= 11 is 0. The van der Waals surface area contributed by atoms with Gasteiger partial charge in [-0.1, -0.05) is 43.4 Å². The molecular weight excluding hydrogens is 283 g/mol. The molecule has 3 rings (SSSR count). The molecule has 1 heterocycles. The lowest BCUT2D eigenvalue weighted by Crippen LogP contribution is -2.42. The number of benzene rings is 1. The summed E-state index contributed by atoms with van der Waals surface area (Å²) in [5.41, 5.74) is 10.1. The summed E-state index contributed by atoms with van der Waals surface area (Å²) in [7, 11) is 5.86. The maximum Gasteiger partial charge on any atom is 0.196 e. The van der Waals surface area contributed by atoms with Gasteiger partial charge in [-0.3, -0.25) is 0 Å². The van der Waals surface area contributed by atoms with E-state index in [1.54, 1.807) is 0 Å². The second-order valence-corrected chi connectivity index (χ2v) is 6.57. The van der Waals surface area contributed by atoms with E-state index in [0.717, 1.165) is 36.3 Å². The monoisotopic (exact) mass is 308 g/mol. The minimum absolute atomic E-state index is 0.576. The number of aliphatic imine (C=N–C) groups is 1. The average molecular weight is 308 g/mol. The molecule has 1 aliphatic heterocycles. The summed E-state index contributed by atoms with van der Waals surface area (Å²) < 4.78 is 0. The van der Waals surface area contributed by atoms with Crippen molar-refractivity contribution in [3.63, 3.8) is 0 Å². The fourth-order valence-electron chi connectivity index (χ4n) is 3.46. The Labute approximate surface area is 140 Å². The smallest absolute Gasteiger partial charge is 0.196 e. The Morgan fingerprint density at radius 3 is 2.91 bits per heavy atom. The van der Waals surface area contributed by atoms with Gasteiger partial charge in [-0.2, -0.15) is 0 Å². The molecule has 0 amide bonds. The predicted octanol–water partition coefficient (Wildman–Crippen LogP) is 1.93. The van der Waals surface area contributed by atoms with Crippen molar-refractivity contribution in [3.05, 3.63) is 36.0 Å². The molecule has 1 aliphatic carbocycles. The van der Waals surface area contributed by atoms with Crippen molar-refractivity contribution in [2.45, 2.75) is 38.6 Å². The molecule has 2 aliphatic rings. The summed E-state index contributed by atoms with van der Waals surface area (Å²) in [4.78, 5) is 6.56. The fourth-order valence-corrected chi connectivity index (χ4v) is 3.46. The number of nitrogens with zero attached hydrogens (tertiary/aromatic N) is 2. The van der Waals surface area contributed by atoms with Crippen LogP contribution in [0.3, 0.4) is 0 Å². The zero-order valence-corrected chi connectivity index (χ0v) is 13.7. The maximum atomic E-state index is 6.09. The van der Waals surface area contributed by atoms with E-state index in [0.29, 0.717) is 11.9 Å². The highest BCUT2D eigenvalue weighted by molar-refractivity contribution is 6.32. The van der Waals surface area contributed by atoms with Crippen molar-refractivity contribution in [1.82, 2.24) is 10.2 Å². The first-order valence-corrected chi connectivity index (χ1v) is 8.53. The van der Waals surface area contributed by atoms with Gasteiger partial charge in [-0.25, -0.2) is 4.99 Å². The zero-order chi connectivity index (χ0) is 16.2. The van der Waals surface area contributed by atoms with Gasteiger partial charge >= 0.3 is 0 Å². The topological polar surface area (TPSA) is 53.6 Å². The van der Waals surface area contributed by atoms with E-state index in [4.69, 9.17) is 13.6 Å². The number of nitrogens with one attached hydrogen (secondary N) is 1. The highest BCUT2D eigenvalue weighted by atomic mass is 15.3. The van der Waals surface area contributed by atoms with Gasteiger partial charge in [-0.05, 0) is 30.4 Å². The first-order valence-electron chi connectivity index (χ1n) is 8.53. The first-order chi connectivity index (χ1) is 11.1. The van der Waals surface area contributed by atoms with Crippen LogP contribution in [0.15, 0.2) is 35.5 Å². The van der Waals surface area contributed by atoms with Gasteiger partial charge in [0.1, 0.15) is 7.85 Å². The number of fused-ring (bicyclic) bond motifs is 1. The van der Waals surface area contributed by atoms with Crippen LogP contribution in [0.1, 0.15) is 37.7 Å². The normalized spacial score (nSPS) is 18.3. The minimum atomic E-state index is 0.576. The number of allylic oxidation sites excluding steroid dienone is 1. The minimum Gasteiger partial charge on any atom is -0.387 e. The third-order valence-electron chi connectivity index (χ3n) is 4.86. The van der Waals surface area contributed by atoms with Crippen LogP contribution in [-0.4, -0.2) is 31.8 Å². The summed E-state index contributed by atoms with van der Waals surface area (Å²) in [6.07, 6.45) is 6.56. The van der Waals surface area contributed by atoms with Crippen molar-refractivity contribution in [2.24, 2.45) is 16.6 Å². The number of rotatable bonds is 5. The maximum absolute atomic E-state index is 6.09. The fraction of sp³-hybridized carbons (Fsp3) is 0.500. The summed E-state index contributed by atoms with van der Waals surface area (Å²) in [6.45, 7) is 6.63. The Morgan fingerprint density at radius 1 is 1.35 bits per heavy atom. The number of guanidine groups is 1. The molecule has 1 aromatic rings. The molecule has 0 unspecified atom stereocenters. The van der Waals surface area contributed by atoms with Crippen LogP contribution >= 0.6 is 0 Å². The van der Waals surface area contributed by atoms with Gasteiger partial charge in [0.2, 0.25) is 0 Å². The van der Waals surface area contributed by atoms with Crippen LogP contribution in [0, 0.1) is 5.92 Å². The predicted molar refractivity (Wildman–Crippen MR) is 97.2 cm³/mol. The van der Waals surface area contributed by atoms with Gasteiger partial charge in [0.25, 0.3) is 0 Å². The molecular formula is C18H25BN4. The Bertz CT molecular complexity index is 605. The molecule has 4 nitrogen and oxygen atoms in total. The molecule has 5 heteroatoms. The van der Waals surface area contributed by atoms with Gasteiger partial charge < -0.3 is 16.0 Å². The van der Waals surface area contributed by atoms with Crippen LogP contribution < -0.4 is 16.5 Å². The molecule has 1 saturated carbocycles. The molecule has 120 valence electrons. The highest BCUT2D eigenvalue weighted by Gasteiger charge is 2.19. The van der Waals surface area contributed by atoms with Crippen molar-refractivity contribution >= 4 is 25.0 Å². The van der Waals surface area contributed by atoms with Gasteiger partial charge in [-0.15, -0.1) is 0 Å². The molecule has 23 heavy (non-hydrogen) atoms. The van der Waals surface area contributed by atoms with Crippen molar-refractivity contribution in [3.8, 4) is 0 Å². The molecule has 1 fully saturated rings. The van der Waals surface area contributed by atoms with Crippen LogP contribution in [0.25, 0.3) is 0 Å². The van der Waals surface area contributed by atoms with E-state index in [-0.39, 0.29) is 0 Å². The van der Waals surface area contributed by atoms with Gasteiger partial charge in [0.15, 0.2) is 5.96 Å². The van der Waals surface area contributed by atoms with E-state index in [9.17, 15) is 0 Å². The molecule has 0 spiro atoms. The largest absolute Gasteiger partial charge is 0.387 e. The third kappa shape index (κ3) is 3.90. The lowest BCUT2D eigenvalue weighted by atomic mass is 9.87. The van der Waals surface area contributed by atoms with E-state index >= 15 is 0 Å². The first kappa shape index (κ1) is 16.0. The lowest BCUT2D eigenvalue weighted by molar-refractivity contribution is 0.369. The van der Waals surface area contributed by atoms with E-state index in [2.05, 4.69) is 21.8 Å². The van der Waals surface area contributed by atoms with Crippen molar-refractivity contribution < 1.29 is 0 Å². The summed E-state index contributed by atoms with van der Waals surface area (Å²) in [5, 5.41) is 3.48. The lowest BCUT2D eigenvalue weighted by Gasteiger charge is -2.30. The van der Waals surface area contributed by atoms with Crippen molar-refractivity contribution in [2.75, 3.05) is 13.1 Å². The molecule has 2 radical (unpaired) electrons. The van der Waals surface area contributed by atoms with E-state index < -0.39 is 0 Å². The standard InChI is InChI=1S/C18H25BN4/c1-13(14-5-3-2-4-6-14)21-9-10-23-12-15-11-16(19)7-8-17(15)22-18(23)20/h7-8,11,14,21H,1-6,9-10,12H2,(H2,20,22). The number of hydrogen-bond donors (Lipinski definition) is 2. The summed E-state index contributed by atoms with van der Waals surface area (Å²) in [5.74, 6) is 1.21. The molecule has 0 bridgehead atoms.